The van der Waals surface area contributed by atoms with E-state index < -0.39 is 0 Å². The molecule has 0 saturated carbocycles. The molecule has 1 aromatic heterocycles. The van der Waals surface area contributed by atoms with Crippen molar-refractivity contribution in [3.8, 4) is 6.07 Å². The Morgan fingerprint density at radius 1 is 1.53 bits per heavy atom. The first-order valence-electron chi connectivity index (χ1n) is 4.80. The van der Waals surface area contributed by atoms with Crippen LogP contribution in [0.15, 0.2) is 6.07 Å². The Morgan fingerprint density at radius 2 is 2.27 bits per heavy atom. The Balaban J connectivity index is 2.87. The summed E-state index contributed by atoms with van der Waals surface area (Å²) in [4.78, 5) is 10.3. The summed E-state index contributed by atoms with van der Waals surface area (Å²) in [5.41, 5.74) is 0. The average Bonchev–Trinajstić information content (AvgIpc) is 2.17. The second-order valence-corrected chi connectivity index (χ2v) is 3.47. The molecule has 15 heavy (non-hydrogen) atoms. The molecule has 0 amide bonds. The number of halogens is 1. The van der Waals surface area contributed by atoms with Crippen LogP contribution in [0, 0.1) is 18.3 Å². The molecule has 1 rings (SSSR count). The smallest absolute Gasteiger partial charge is 0.134 e. The quantitative estimate of drug-likeness (QED) is 0.736. The van der Waals surface area contributed by atoms with Crippen LogP contribution in [0.1, 0.15) is 19.2 Å². The molecule has 0 saturated heterocycles. The van der Waals surface area contributed by atoms with E-state index >= 15 is 0 Å². The van der Waals surface area contributed by atoms with Gasteiger partial charge in [0.15, 0.2) is 0 Å². The summed E-state index contributed by atoms with van der Waals surface area (Å²) in [5.74, 6) is 1.43. The van der Waals surface area contributed by atoms with E-state index in [1.807, 2.05) is 11.8 Å². The topological polar surface area (TPSA) is 52.8 Å². The molecular formula is C10H13ClN4. The first kappa shape index (κ1) is 11.7. The molecular weight excluding hydrogens is 212 g/mol. The van der Waals surface area contributed by atoms with Gasteiger partial charge in [0, 0.05) is 19.2 Å². The van der Waals surface area contributed by atoms with E-state index in [1.165, 1.54) is 0 Å². The van der Waals surface area contributed by atoms with Crippen molar-refractivity contribution in [2.75, 3.05) is 18.0 Å². The second kappa shape index (κ2) is 5.52. The molecule has 0 aliphatic heterocycles. The lowest BCUT2D eigenvalue weighted by molar-refractivity contribution is 0.802. The predicted octanol–water partition coefficient (Wildman–Crippen LogP) is 2.18. The molecule has 80 valence electrons. The minimum absolute atomic E-state index is 0.438. The van der Waals surface area contributed by atoms with Crippen LogP contribution < -0.4 is 4.90 Å². The highest BCUT2D eigenvalue weighted by atomic mass is 35.5. The van der Waals surface area contributed by atoms with E-state index in [9.17, 15) is 0 Å². The van der Waals surface area contributed by atoms with Gasteiger partial charge in [-0.1, -0.05) is 11.6 Å². The SMILES string of the molecule is CCN(CCC#N)c1cc(Cl)nc(C)n1. The molecule has 0 unspecified atom stereocenters. The van der Waals surface area contributed by atoms with Crippen LogP contribution in [-0.2, 0) is 0 Å². The number of anilines is 1. The summed E-state index contributed by atoms with van der Waals surface area (Å²) in [6, 6.07) is 3.83. The Hall–Kier alpha value is -1.34. The van der Waals surface area contributed by atoms with Crippen LogP contribution in [0.2, 0.25) is 5.15 Å². The summed E-state index contributed by atoms with van der Waals surface area (Å²) in [5, 5.41) is 8.97. The van der Waals surface area contributed by atoms with Crippen molar-refractivity contribution in [2.24, 2.45) is 0 Å². The molecule has 5 heteroatoms. The maximum atomic E-state index is 8.53. The first-order chi connectivity index (χ1) is 7.17. The number of hydrogen-bond donors (Lipinski definition) is 0. The second-order valence-electron chi connectivity index (χ2n) is 3.08. The van der Waals surface area contributed by atoms with Gasteiger partial charge in [-0.3, -0.25) is 0 Å². The monoisotopic (exact) mass is 224 g/mol. The van der Waals surface area contributed by atoms with Gasteiger partial charge in [-0.15, -0.1) is 0 Å². The van der Waals surface area contributed by atoms with E-state index in [0.29, 0.717) is 23.9 Å². The fourth-order valence-corrected chi connectivity index (χ4v) is 1.52. The molecule has 0 bridgehead atoms. The number of hydrogen-bond acceptors (Lipinski definition) is 4. The summed E-state index contributed by atoms with van der Waals surface area (Å²) in [6.07, 6.45) is 0.481. The maximum Gasteiger partial charge on any atom is 0.134 e. The van der Waals surface area contributed by atoms with Crippen molar-refractivity contribution in [2.45, 2.75) is 20.3 Å². The van der Waals surface area contributed by atoms with Gasteiger partial charge in [-0.05, 0) is 13.8 Å². The van der Waals surface area contributed by atoms with Crippen LogP contribution in [0.5, 0.6) is 0 Å². The highest BCUT2D eigenvalue weighted by Gasteiger charge is 2.07. The van der Waals surface area contributed by atoms with E-state index in [0.717, 1.165) is 12.4 Å². The van der Waals surface area contributed by atoms with Crippen LogP contribution in [-0.4, -0.2) is 23.1 Å². The highest BCUT2D eigenvalue weighted by molar-refractivity contribution is 6.29. The zero-order chi connectivity index (χ0) is 11.3. The highest BCUT2D eigenvalue weighted by Crippen LogP contribution is 2.15. The molecule has 0 aliphatic carbocycles. The van der Waals surface area contributed by atoms with Gasteiger partial charge in [-0.2, -0.15) is 5.26 Å². The number of nitriles is 1. The van der Waals surface area contributed by atoms with Crippen LogP contribution >= 0.6 is 11.6 Å². The molecule has 0 N–H and O–H groups in total. The van der Waals surface area contributed by atoms with Crippen molar-refractivity contribution in [3.63, 3.8) is 0 Å². The Kier molecular flexibility index (Phi) is 4.32. The minimum atomic E-state index is 0.438. The zero-order valence-corrected chi connectivity index (χ0v) is 9.62. The Bertz CT molecular complexity index is 352. The standard InChI is InChI=1S/C10H13ClN4/c1-3-15(6-4-5-12)10-7-9(11)13-8(2)14-10/h7H,3-4,6H2,1-2H3. The number of aromatic nitrogens is 2. The Morgan fingerprint density at radius 3 is 2.80 bits per heavy atom. The third-order valence-corrected chi connectivity index (χ3v) is 2.19. The van der Waals surface area contributed by atoms with Crippen LogP contribution in [0.25, 0.3) is 0 Å². The van der Waals surface area contributed by atoms with Crippen molar-refractivity contribution in [1.29, 1.82) is 5.26 Å². The zero-order valence-electron chi connectivity index (χ0n) is 8.87. The van der Waals surface area contributed by atoms with Crippen molar-refractivity contribution < 1.29 is 0 Å². The normalized spacial score (nSPS) is 9.73. The Labute approximate surface area is 94.5 Å². The van der Waals surface area contributed by atoms with Gasteiger partial charge >= 0.3 is 0 Å². The molecule has 1 aromatic rings. The van der Waals surface area contributed by atoms with Crippen molar-refractivity contribution in [3.05, 3.63) is 17.0 Å². The van der Waals surface area contributed by atoms with Crippen molar-refractivity contribution in [1.82, 2.24) is 9.97 Å². The first-order valence-corrected chi connectivity index (χ1v) is 5.18. The van der Waals surface area contributed by atoms with Crippen molar-refractivity contribution >= 4 is 17.4 Å². The minimum Gasteiger partial charge on any atom is -0.356 e. The van der Waals surface area contributed by atoms with Gasteiger partial charge in [0.1, 0.15) is 16.8 Å². The molecule has 1 heterocycles. The fraction of sp³-hybridized carbons (Fsp3) is 0.500. The summed E-state index contributed by atoms with van der Waals surface area (Å²) in [6.45, 7) is 5.28. The molecule has 0 radical (unpaired) electrons. The lowest BCUT2D eigenvalue weighted by Crippen LogP contribution is -2.25. The van der Waals surface area contributed by atoms with E-state index in [1.54, 1.807) is 13.0 Å². The maximum absolute atomic E-state index is 8.53. The van der Waals surface area contributed by atoms with E-state index in [2.05, 4.69) is 16.0 Å². The summed E-state index contributed by atoms with van der Waals surface area (Å²) in [7, 11) is 0. The van der Waals surface area contributed by atoms with Gasteiger partial charge < -0.3 is 4.90 Å². The number of aryl methyl sites for hydroxylation is 1. The van der Waals surface area contributed by atoms with E-state index in [4.69, 9.17) is 16.9 Å². The fourth-order valence-electron chi connectivity index (χ4n) is 1.30. The number of nitrogens with zero attached hydrogens (tertiary/aromatic N) is 4. The molecule has 0 aliphatic rings. The van der Waals surface area contributed by atoms with Gasteiger partial charge in [0.25, 0.3) is 0 Å². The summed E-state index contributed by atoms with van der Waals surface area (Å²) < 4.78 is 0. The predicted molar refractivity (Wildman–Crippen MR) is 59.9 cm³/mol. The van der Waals surface area contributed by atoms with Gasteiger partial charge in [0.2, 0.25) is 0 Å². The van der Waals surface area contributed by atoms with E-state index in [-0.39, 0.29) is 0 Å². The lowest BCUT2D eigenvalue weighted by atomic mass is 10.4. The molecule has 0 atom stereocenters. The third kappa shape index (κ3) is 3.37. The van der Waals surface area contributed by atoms with Gasteiger partial charge in [0.05, 0.1) is 12.5 Å². The largest absolute Gasteiger partial charge is 0.356 e. The number of rotatable bonds is 4. The molecule has 0 fully saturated rings. The molecule has 0 aromatic carbocycles. The third-order valence-electron chi connectivity index (χ3n) is 1.99. The van der Waals surface area contributed by atoms with Gasteiger partial charge in [-0.25, -0.2) is 9.97 Å². The summed E-state index contributed by atoms with van der Waals surface area (Å²) >= 11 is 5.84. The lowest BCUT2D eigenvalue weighted by Gasteiger charge is -2.20. The van der Waals surface area contributed by atoms with Crippen LogP contribution in [0.3, 0.4) is 0 Å². The van der Waals surface area contributed by atoms with Crippen LogP contribution in [0.4, 0.5) is 5.82 Å². The average molecular weight is 225 g/mol. The molecule has 0 spiro atoms. The molecule has 4 nitrogen and oxygen atoms in total.